The van der Waals surface area contributed by atoms with Crippen LogP contribution in [0.4, 0.5) is 17.6 Å². The zero-order valence-corrected chi connectivity index (χ0v) is 8.36. The lowest BCUT2D eigenvalue weighted by molar-refractivity contribution is -0.138. The largest absolute Gasteiger partial charge is 0.416 e. The first-order chi connectivity index (χ1) is 7.34. The van der Waals surface area contributed by atoms with E-state index in [2.05, 4.69) is 5.32 Å². The third-order valence-electron chi connectivity index (χ3n) is 2.01. The van der Waals surface area contributed by atoms with E-state index >= 15 is 0 Å². The first-order valence-electron chi connectivity index (χ1n) is 4.41. The Hall–Kier alpha value is -1.59. The minimum absolute atomic E-state index is 0.242. The molecule has 1 aromatic rings. The maximum Gasteiger partial charge on any atom is 0.416 e. The average molecular weight is 235 g/mol. The predicted octanol–water partition coefficient (Wildman–Crippen LogP) is 2.13. The molecule has 1 amide bonds. The summed E-state index contributed by atoms with van der Waals surface area (Å²) in [6.45, 7) is 0. The summed E-state index contributed by atoms with van der Waals surface area (Å²) < 4.78 is 50.1. The van der Waals surface area contributed by atoms with Crippen molar-refractivity contribution < 1.29 is 22.4 Å². The van der Waals surface area contributed by atoms with Gasteiger partial charge in [-0.25, -0.2) is 4.39 Å². The highest BCUT2D eigenvalue weighted by atomic mass is 19.4. The van der Waals surface area contributed by atoms with E-state index in [0.29, 0.717) is 6.07 Å². The monoisotopic (exact) mass is 235 g/mol. The van der Waals surface area contributed by atoms with Crippen LogP contribution in [0.5, 0.6) is 0 Å². The molecule has 2 nitrogen and oxygen atoms in total. The Bertz CT molecular complexity index is 400. The molecule has 0 aliphatic heterocycles. The van der Waals surface area contributed by atoms with Gasteiger partial charge >= 0.3 is 6.18 Å². The van der Waals surface area contributed by atoms with Gasteiger partial charge in [-0.3, -0.25) is 4.79 Å². The van der Waals surface area contributed by atoms with Gasteiger partial charge in [0.05, 0.1) is 12.0 Å². The SMILES string of the molecule is CNC(=O)Cc1ccc(F)cc1C(F)(F)F. The van der Waals surface area contributed by atoms with E-state index in [9.17, 15) is 22.4 Å². The lowest BCUT2D eigenvalue weighted by Gasteiger charge is -2.12. The van der Waals surface area contributed by atoms with Gasteiger partial charge in [0.25, 0.3) is 0 Å². The number of carbonyl (C=O) groups excluding carboxylic acids is 1. The molecular formula is C10H9F4NO. The summed E-state index contributed by atoms with van der Waals surface area (Å²) in [5.74, 6) is -1.54. The molecule has 1 rings (SSSR count). The second kappa shape index (κ2) is 4.51. The molecule has 0 heterocycles. The van der Waals surface area contributed by atoms with Crippen molar-refractivity contribution in [2.75, 3.05) is 7.05 Å². The fourth-order valence-corrected chi connectivity index (χ4v) is 1.23. The lowest BCUT2D eigenvalue weighted by atomic mass is 10.0. The van der Waals surface area contributed by atoms with Crippen LogP contribution < -0.4 is 5.32 Å². The first-order valence-corrected chi connectivity index (χ1v) is 4.41. The highest BCUT2D eigenvalue weighted by Gasteiger charge is 2.34. The molecule has 0 saturated heterocycles. The summed E-state index contributed by atoms with van der Waals surface area (Å²) in [5, 5.41) is 2.21. The number of carbonyl (C=O) groups is 1. The van der Waals surface area contributed by atoms with E-state index in [-0.39, 0.29) is 5.56 Å². The van der Waals surface area contributed by atoms with Crippen molar-refractivity contribution in [1.82, 2.24) is 5.32 Å². The van der Waals surface area contributed by atoms with Crippen molar-refractivity contribution in [1.29, 1.82) is 0 Å². The van der Waals surface area contributed by atoms with Gasteiger partial charge < -0.3 is 5.32 Å². The number of likely N-dealkylation sites (N-methyl/N-ethyl adjacent to an activating group) is 1. The summed E-state index contributed by atoms with van der Waals surface area (Å²) in [6, 6.07) is 2.25. The van der Waals surface area contributed by atoms with Crippen LogP contribution in [-0.2, 0) is 17.4 Å². The van der Waals surface area contributed by atoms with Crippen molar-refractivity contribution in [2.45, 2.75) is 12.6 Å². The Morgan fingerprint density at radius 2 is 2.00 bits per heavy atom. The topological polar surface area (TPSA) is 29.1 Å². The van der Waals surface area contributed by atoms with Crippen molar-refractivity contribution in [3.8, 4) is 0 Å². The normalized spacial score (nSPS) is 11.3. The Morgan fingerprint density at radius 3 is 2.50 bits per heavy atom. The standard InChI is InChI=1S/C10H9F4NO/c1-15-9(16)4-6-2-3-7(11)5-8(6)10(12,13)14/h2-3,5H,4H2,1H3,(H,15,16). The fraction of sp³-hybridized carbons (Fsp3) is 0.300. The summed E-state index contributed by atoms with van der Waals surface area (Å²) in [5.41, 5.74) is -1.36. The van der Waals surface area contributed by atoms with Gasteiger partial charge in [0.15, 0.2) is 0 Å². The summed E-state index contributed by atoms with van der Waals surface area (Å²) in [7, 11) is 1.32. The molecule has 0 aromatic heterocycles. The molecule has 0 fully saturated rings. The highest BCUT2D eigenvalue weighted by molar-refractivity contribution is 5.78. The third-order valence-corrected chi connectivity index (χ3v) is 2.01. The zero-order chi connectivity index (χ0) is 12.3. The molecule has 16 heavy (non-hydrogen) atoms. The van der Waals surface area contributed by atoms with Gasteiger partial charge in [0.1, 0.15) is 5.82 Å². The number of rotatable bonds is 2. The Labute approximate surface area is 89.3 Å². The van der Waals surface area contributed by atoms with Crippen molar-refractivity contribution >= 4 is 5.91 Å². The molecule has 1 N–H and O–H groups in total. The van der Waals surface area contributed by atoms with Crippen LogP contribution in [-0.4, -0.2) is 13.0 Å². The molecule has 6 heteroatoms. The quantitative estimate of drug-likeness (QED) is 0.782. The van der Waals surface area contributed by atoms with E-state index in [1.54, 1.807) is 0 Å². The van der Waals surface area contributed by atoms with Crippen LogP contribution in [0.1, 0.15) is 11.1 Å². The number of hydrogen-bond donors (Lipinski definition) is 1. The van der Waals surface area contributed by atoms with Crippen LogP contribution >= 0.6 is 0 Å². The number of nitrogens with one attached hydrogen (secondary N) is 1. The Kier molecular flexibility index (Phi) is 3.51. The zero-order valence-electron chi connectivity index (χ0n) is 8.36. The van der Waals surface area contributed by atoms with Crippen molar-refractivity contribution in [3.63, 3.8) is 0 Å². The van der Waals surface area contributed by atoms with Crippen molar-refractivity contribution in [2.24, 2.45) is 0 Å². The summed E-state index contributed by atoms with van der Waals surface area (Å²) >= 11 is 0. The first kappa shape index (κ1) is 12.5. The maximum absolute atomic E-state index is 12.7. The molecule has 0 atom stereocenters. The van der Waals surface area contributed by atoms with Gasteiger partial charge in [0.2, 0.25) is 5.91 Å². The Balaban J connectivity index is 3.13. The maximum atomic E-state index is 12.7. The van der Waals surface area contributed by atoms with Crippen LogP contribution in [0, 0.1) is 5.82 Å². The molecule has 0 spiro atoms. The second-order valence-electron chi connectivity index (χ2n) is 3.15. The minimum atomic E-state index is -4.66. The van der Waals surface area contributed by atoms with Gasteiger partial charge in [-0.2, -0.15) is 13.2 Å². The van der Waals surface area contributed by atoms with Crippen molar-refractivity contribution in [3.05, 3.63) is 35.1 Å². The van der Waals surface area contributed by atoms with E-state index in [4.69, 9.17) is 0 Å². The number of amides is 1. The molecule has 1 aromatic carbocycles. The molecular weight excluding hydrogens is 226 g/mol. The van der Waals surface area contributed by atoms with E-state index in [1.165, 1.54) is 7.05 Å². The second-order valence-corrected chi connectivity index (χ2v) is 3.15. The van der Waals surface area contributed by atoms with Gasteiger partial charge in [-0.05, 0) is 17.7 Å². The number of hydrogen-bond acceptors (Lipinski definition) is 1. The van der Waals surface area contributed by atoms with Crippen LogP contribution in [0.25, 0.3) is 0 Å². The molecule has 0 aliphatic rings. The van der Waals surface area contributed by atoms with Crippen LogP contribution in [0.2, 0.25) is 0 Å². The highest BCUT2D eigenvalue weighted by Crippen LogP contribution is 2.32. The van der Waals surface area contributed by atoms with Crippen LogP contribution in [0.3, 0.4) is 0 Å². The lowest BCUT2D eigenvalue weighted by Crippen LogP contribution is -2.22. The minimum Gasteiger partial charge on any atom is -0.359 e. The van der Waals surface area contributed by atoms with Gasteiger partial charge in [0, 0.05) is 7.05 Å². The molecule has 0 aliphatic carbocycles. The van der Waals surface area contributed by atoms with Gasteiger partial charge in [-0.15, -0.1) is 0 Å². The molecule has 0 bridgehead atoms. The van der Waals surface area contributed by atoms with E-state index in [0.717, 1.165) is 12.1 Å². The molecule has 0 unspecified atom stereocenters. The summed E-state index contributed by atoms with van der Waals surface area (Å²) in [6.07, 6.45) is -5.09. The van der Waals surface area contributed by atoms with Gasteiger partial charge in [-0.1, -0.05) is 6.07 Å². The molecule has 0 radical (unpaired) electrons. The smallest absolute Gasteiger partial charge is 0.359 e. The van der Waals surface area contributed by atoms with E-state index in [1.807, 2.05) is 0 Å². The number of alkyl halides is 3. The average Bonchev–Trinajstić information content (AvgIpc) is 2.19. The fourth-order valence-electron chi connectivity index (χ4n) is 1.23. The van der Waals surface area contributed by atoms with Crippen LogP contribution in [0.15, 0.2) is 18.2 Å². The third kappa shape index (κ3) is 2.95. The molecule has 0 saturated carbocycles. The van der Waals surface area contributed by atoms with E-state index < -0.39 is 29.9 Å². The number of halogens is 4. The summed E-state index contributed by atoms with van der Waals surface area (Å²) in [4.78, 5) is 11.0. The molecule has 88 valence electrons. The number of benzene rings is 1. The Morgan fingerprint density at radius 1 is 1.38 bits per heavy atom. The predicted molar refractivity (Wildman–Crippen MR) is 49.2 cm³/mol.